The molecule has 1 aliphatic rings. The van der Waals surface area contributed by atoms with Crippen LogP contribution in [0.25, 0.3) is 10.4 Å². The van der Waals surface area contributed by atoms with E-state index in [-0.39, 0.29) is 5.91 Å². The minimum absolute atomic E-state index is 0.0811. The molecule has 2 heterocycles. The Labute approximate surface area is 237 Å². The highest BCUT2D eigenvalue weighted by Gasteiger charge is 2.24. The third-order valence-corrected chi connectivity index (χ3v) is 7.98. The molecule has 0 radical (unpaired) electrons. The number of carbonyl (C=O) groups excluding carboxylic acids is 1. The van der Waals surface area contributed by atoms with Crippen LogP contribution >= 0.6 is 11.3 Å². The maximum Gasteiger partial charge on any atom is 0.254 e. The van der Waals surface area contributed by atoms with E-state index in [0.717, 1.165) is 35.0 Å². The molecule has 0 N–H and O–H groups in total. The maximum absolute atomic E-state index is 13.8. The number of nitrogens with zero attached hydrogens (tertiary/aromatic N) is 3. The van der Waals surface area contributed by atoms with Gasteiger partial charge in [-0.3, -0.25) is 4.79 Å². The van der Waals surface area contributed by atoms with Gasteiger partial charge in [0, 0.05) is 30.9 Å². The molecule has 1 atom stereocenters. The number of amides is 1. The van der Waals surface area contributed by atoms with Crippen molar-refractivity contribution in [1.29, 1.82) is 0 Å². The fourth-order valence-electron chi connectivity index (χ4n) is 4.88. The maximum atomic E-state index is 13.8. The van der Waals surface area contributed by atoms with Crippen LogP contribution in [-0.2, 0) is 6.54 Å². The van der Waals surface area contributed by atoms with Gasteiger partial charge >= 0.3 is 0 Å². The van der Waals surface area contributed by atoms with Gasteiger partial charge in [-0.15, -0.1) is 11.3 Å². The highest BCUT2D eigenvalue weighted by atomic mass is 32.1. The number of benzene rings is 2. The minimum Gasteiger partial charge on any atom is -0.493 e. The van der Waals surface area contributed by atoms with Gasteiger partial charge < -0.3 is 24.0 Å². The first-order chi connectivity index (χ1) is 19.0. The number of aromatic nitrogens is 1. The Bertz CT molecular complexity index is 1140. The summed E-state index contributed by atoms with van der Waals surface area (Å²) in [6, 6.07) is 14.3. The van der Waals surface area contributed by atoms with Crippen molar-refractivity contribution < 1.29 is 19.0 Å². The van der Waals surface area contributed by atoms with E-state index in [1.54, 1.807) is 44.8 Å². The zero-order valence-electron chi connectivity index (χ0n) is 24.2. The van der Waals surface area contributed by atoms with Gasteiger partial charge in [-0.2, -0.15) is 0 Å². The summed E-state index contributed by atoms with van der Waals surface area (Å²) in [5.41, 5.74) is 1.63. The molecule has 2 aromatic carbocycles. The van der Waals surface area contributed by atoms with Gasteiger partial charge in [-0.05, 0) is 50.4 Å². The molecule has 0 bridgehead atoms. The van der Waals surface area contributed by atoms with Gasteiger partial charge in [0.25, 0.3) is 5.91 Å². The Morgan fingerprint density at radius 3 is 2.36 bits per heavy atom. The van der Waals surface area contributed by atoms with Crippen molar-refractivity contribution >= 4 is 17.2 Å². The first kappa shape index (κ1) is 30.4. The molecule has 4 rings (SSSR count). The summed E-state index contributed by atoms with van der Waals surface area (Å²) in [7, 11) is 4.68. The Morgan fingerprint density at radius 1 is 1.05 bits per heavy atom. The number of rotatable bonds is 11. The zero-order chi connectivity index (χ0) is 28.2. The highest BCUT2D eigenvalue weighted by Crippen LogP contribution is 2.38. The smallest absolute Gasteiger partial charge is 0.254 e. The summed E-state index contributed by atoms with van der Waals surface area (Å²) < 4.78 is 16.4. The lowest BCUT2D eigenvalue weighted by Gasteiger charge is -2.34. The molecule has 1 aromatic heterocycles. The molecule has 8 heteroatoms. The highest BCUT2D eigenvalue weighted by molar-refractivity contribution is 7.15. The molecule has 1 fully saturated rings. The van der Waals surface area contributed by atoms with Gasteiger partial charge in [0.05, 0.1) is 32.8 Å². The molecule has 1 unspecified atom stereocenters. The lowest BCUT2D eigenvalue weighted by Crippen LogP contribution is -2.40. The lowest BCUT2D eigenvalue weighted by molar-refractivity contribution is 0.0725. The van der Waals surface area contributed by atoms with Crippen molar-refractivity contribution in [3.05, 3.63) is 59.2 Å². The number of thiazole rings is 1. The molecular weight excluding hydrogens is 510 g/mol. The van der Waals surface area contributed by atoms with Gasteiger partial charge in [0.15, 0.2) is 11.5 Å². The molecule has 0 aliphatic carbocycles. The van der Waals surface area contributed by atoms with Gasteiger partial charge in [-0.1, -0.05) is 50.6 Å². The van der Waals surface area contributed by atoms with E-state index in [2.05, 4.69) is 28.9 Å². The van der Waals surface area contributed by atoms with Crippen LogP contribution in [0.1, 0.15) is 61.8 Å². The lowest BCUT2D eigenvalue weighted by atomic mass is 10.0. The predicted molar refractivity (Wildman–Crippen MR) is 159 cm³/mol. The Kier molecular flexibility index (Phi) is 12.1. The first-order valence-corrected chi connectivity index (χ1v) is 14.7. The number of likely N-dealkylation sites (tertiary alicyclic amines) is 1. The molecule has 212 valence electrons. The van der Waals surface area contributed by atoms with E-state index in [1.807, 2.05) is 43.1 Å². The van der Waals surface area contributed by atoms with Crippen LogP contribution in [0.3, 0.4) is 0 Å². The third kappa shape index (κ3) is 7.96. The Hall–Kier alpha value is -3.10. The van der Waals surface area contributed by atoms with Crippen LogP contribution < -0.4 is 14.2 Å². The Morgan fingerprint density at radius 2 is 1.74 bits per heavy atom. The van der Waals surface area contributed by atoms with Crippen LogP contribution in [0.2, 0.25) is 0 Å². The number of methoxy groups -OCH3 is 3. The van der Waals surface area contributed by atoms with Crippen molar-refractivity contribution in [2.75, 3.05) is 41.0 Å². The largest absolute Gasteiger partial charge is 0.493 e. The molecule has 1 aliphatic heterocycles. The van der Waals surface area contributed by atoms with Crippen LogP contribution in [0.15, 0.2) is 48.7 Å². The molecule has 7 nitrogen and oxygen atoms in total. The number of hydrogen-bond donors (Lipinski definition) is 0. The van der Waals surface area contributed by atoms with Gasteiger partial charge in [0.2, 0.25) is 5.75 Å². The first-order valence-electron chi connectivity index (χ1n) is 13.9. The monoisotopic (exact) mass is 553 g/mol. The average Bonchev–Trinajstić information content (AvgIpc) is 3.46. The number of carbonyl (C=O) groups is 1. The summed E-state index contributed by atoms with van der Waals surface area (Å²) in [5.74, 6) is 1.32. The van der Waals surface area contributed by atoms with E-state index < -0.39 is 0 Å². The zero-order valence-corrected chi connectivity index (χ0v) is 25.1. The molecule has 3 aromatic rings. The number of piperidine rings is 1. The van der Waals surface area contributed by atoms with Crippen LogP contribution in [0, 0.1) is 0 Å². The van der Waals surface area contributed by atoms with Gasteiger partial charge in [-0.25, -0.2) is 4.98 Å². The average molecular weight is 554 g/mol. The van der Waals surface area contributed by atoms with E-state index in [1.165, 1.54) is 19.3 Å². The summed E-state index contributed by atoms with van der Waals surface area (Å²) in [4.78, 5) is 24.0. The molecular formula is C31H43N3O4S. The van der Waals surface area contributed by atoms with Crippen molar-refractivity contribution in [3.63, 3.8) is 0 Å². The molecule has 0 spiro atoms. The predicted octanol–water partition coefficient (Wildman–Crippen LogP) is 6.77. The second-order valence-electron chi connectivity index (χ2n) is 9.36. The van der Waals surface area contributed by atoms with Crippen LogP contribution in [-0.4, -0.2) is 67.7 Å². The van der Waals surface area contributed by atoms with Crippen molar-refractivity contribution in [3.8, 4) is 27.7 Å². The topological polar surface area (TPSA) is 64.1 Å². The van der Waals surface area contributed by atoms with Crippen molar-refractivity contribution in [2.24, 2.45) is 0 Å². The van der Waals surface area contributed by atoms with Crippen LogP contribution in [0.5, 0.6) is 17.2 Å². The molecule has 39 heavy (non-hydrogen) atoms. The SMILES string of the molecule is CC.COc1cc(C(=O)N(CCCN2CCCCC2C)Cc2ncc(-c3ccccc3)s2)cc(OC)c1OC. The number of ether oxygens (including phenoxy) is 3. The molecule has 0 saturated carbocycles. The second kappa shape index (κ2) is 15.5. The van der Waals surface area contributed by atoms with Crippen molar-refractivity contribution in [2.45, 2.75) is 59.0 Å². The molecule has 1 saturated heterocycles. The Balaban J connectivity index is 0.00000205. The minimum atomic E-state index is -0.0811. The molecule has 1 amide bonds. The number of hydrogen-bond acceptors (Lipinski definition) is 7. The van der Waals surface area contributed by atoms with E-state index in [4.69, 9.17) is 14.2 Å². The van der Waals surface area contributed by atoms with Crippen molar-refractivity contribution in [1.82, 2.24) is 14.8 Å². The summed E-state index contributed by atoms with van der Waals surface area (Å²) >= 11 is 1.63. The fourth-order valence-corrected chi connectivity index (χ4v) is 5.82. The van der Waals surface area contributed by atoms with Gasteiger partial charge in [0.1, 0.15) is 5.01 Å². The fraction of sp³-hybridized carbons (Fsp3) is 0.484. The summed E-state index contributed by atoms with van der Waals surface area (Å²) in [6.45, 7) is 9.50. The standard InChI is InChI=1S/C29H37N3O4S.C2H6/c1-21-11-8-9-14-31(21)15-10-16-32(20-27-30-19-26(37-27)22-12-6-5-7-13-22)29(33)23-17-24(34-2)28(36-4)25(18-23)35-3;1-2/h5-7,12-13,17-19,21H,8-11,14-16,20H2,1-4H3;1-2H3. The van der Waals surface area contributed by atoms with E-state index >= 15 is 0 Å². The normalized spacial score (nSPS) is 15.2. The van der Waals surface area contributed by atoms with E-state index in [9.17, 15) is 4.79 Å². The summed E-state index contributed by atoms with van der Waals surface area (Å²) in [6.07, 6.45) is 6.59. The van der Waals surface area contributed by atoms with E-state index in [0.29, 0.717) is 41.9 Å². The third-order valence-electron chi connectivity index (χ3n) is 6.95. The quantitative estimate of drug-likeness (QED) is 0.261. The van der Waals surface area contributed by atoms with Crippen LogP contribution in [0.4, 0.5) is 0 Å². The second-order valence-corrected chi connectivity index (χ2v) is 10.5. The summed E-state index contributed by atoms with van der Waals surface area (Å²) in [5, 5.41) is 0.908.